The first kappa shape index (κ1) is 80.2. The summed E-state index contributed by atoms with van der Waals surface area (Å²) in [5, 5.41) is 27.5. The minimum absolute atomic E-state index is 0.0169. The number of carbonyl (C=O) groups is 3. The number of hydrogen-bond acceptors (Lipinski definition) is 22. The number of nitrogens with one attached hydrogen (secondary N) is 3. The van der Waals surface area contributed by atoms with Gasteiger partial charge >= 0.3 is 12.4 Å². The topological polar surface area (TPSA) is 337 Å². The minimum Gasteiger partial charge on any atom is -0.497 e. The van der Waals surface area contributed by atoms with Crippen molar-refractivity contribution in [2.45, 2.75) is 118 Å². The molecule has 103 heavy (non-hydrogen) atoms. The Morgan fingerprint density at radius 1 is 0.427 bits per heavy atom. The second-order valence-corrected chi connectivity index (χ2v) is 30.9. The van der Waals surface area contributed by atoms with E-state index < -0.39 is 85.0 Å². The molecular formula is C69H80F6N4O21S3. The molecule has 0 radical (unpaired) electrons. The molecule has 0 bridgehead atoms. The van der Waals surface area contributed by atoms with Crippen LogP contribution in [0.25, 0.3) is 0 Å². The van der Waals surface area contributed by atoms with E-state index in [1.54, 1.807) is 30.8 Å². The third-order valence-electron chi connectivity index (χ3n) is 17.6. The van der Waals surface area contributed by atoms with Crippen LogP contribution in [0.5, 0.6) is 40.2 Å². The van der Waals surface area contributed by atoms with Gasteiger partial charge in [0.15, 0.2) is 43.8 Å². The summed E-state index contributed by atoms with van der Waals surface area (Å²) in [5.74, 6) is 0.233. The molecule has 6 aromatic carbocycles. The third-order valence-corrected chi connectivity index (χ3v) is 25.2. The van der Waals surface area contributed by atoms with Gasteiger partial charge in [-0.15, -0.1) is 0 Å². The van der Waals surface area contributed by atoms with Crippen LogP contribution in [-0.4, -0.2) is 170 Å². The molecule has 0 atom stereocenters. The van der Waals surface area contributed by atoms with Crippen molar-refractivity contribution in [3.8, 4) is 40.2 Å². The number of carbonyl (C=O) groups excluding carboxylic acids is 3. The minimum atomic E-state index is -4.45. The SMILES string of the molecule is COc1cccc(OCCCOc2ccc(S(=O)(=O)C3(C(=O)NO)CCOCC3)cc2)c1.O=C(NO)C1(S(=O)(=O)c2ccc(OCCCOc3ccc(C(F)(F)F)cc3)cc2)CCN(C2CC2)CC1.O=C(NO)C1(S(=O)(=O)c2ccc(OCCCOc3cccc(C(F)(F)F)c3)cc2)CCOCC1. The highest BCUT2D eigenvalue weighted by Crippen LogP contribution is 2.42. The first-order valence-electron chi connectivity index (χ1n) is 32.6. The lowest BCUT2D eigenvalue weighted by molar-refractivity contribution is -0.138. The molecule has 0 spiro atoms. The van der Waals surface area contributed by atoms with Crippen molar-refractivity contribution >= 4 is 47.2 Å². The molecule has 0 unspecified atom stereocenters. The molecule has 0 aromatic heterocycles. The Bertz CT molecular complexity index is 4100. The van der Waals surface area contributed by atoms with E-state index in [9.17, 15) is 71.2 Å². The molecule has 4 fully saturated rings. The summed E-state index contributed by atoms with van der Waals surface area (Å²) >= 11 is 0. The van der Waals surface area contributed by atoms with E-state index in [2.05, 4.69) is 4.90 Å². The quantitative estimate of drug-likeness (QED) is 0.0110. The van der Waals surface area contributed by atoms with Crippen LogP contribution in [0.15, 0.2) is 160 Å². The van der Waals surface area contributed by atoms with Crippen LogP contribution in [-0.2, 0) is 65.7 Å². The number of amides is 3. The molecule has 1 aliphatic carbocycles. The van der Waals surface area contributed by atoms with E-state index in [4.69, 9.17) is 53.0 Å². The maximum Gasteiger partial charge on any atom is 0.416 e. The average molecular weight is 1510 g/mol. The van der Waals surface area contributed by atoms with Gasteiger partial charge in [0.1, 0.15) is 40.2 Å². The van der Waals surface area contributed by atoms with E-state index in [0.717, 1.165) is 37.1 Å². The first-order chi connectivity index (χ1) is 49.1. The lowest BCUT2D eigenvalue weighted by Gasteiger charge is -2.39. The lowest BCUT2D eigenvalue weighted by atomic mass is 9.94. The number of halogens is 6. The van der Waals surface area contributed by atoms with E-state index in [1.807, 2.05) is 18.2 Å². The van der Waals surface area contributed by atoms with Crippen LogP contribution >= 0.6 is 0 Å². The van der Waals surface area contributed by atoms with E-state index >= 15 is 0 Å². The number of alkyl halides is 6. The molecule has 34 heteroatoms. The van der Waals surface area contributed by atoms with Gasteiger partial charge < -0.3 is 47.5 Å². The van der Waals surface area contributed by atoms with Gasteiger partial charge in [-0.2, -0.15) is 26.3 Å². The summed E-state index contributed by atoms with van der Waals surface area (Å²) in [6.07, 6.45) is -5.33. The van der Waals surface area contributed by atoms with Crippen molar-refractivity contribution in [3.63, 3.8) is 0 Å². The molecule has 1 saturated carbocycles. The zero-order valence-electron chi connectivity index (χ0n) is 55.8. The van der Waals surface area contributed by atoms with Crippen LogP contribution < -0.4 is 49.6 Å². The van der Waals surface area contributed by atoms with Crippen molar-refractivity contribution in [1.82, 2.24) is 21.3 Å². The fourth-order valence-corrected chi connectivity index (χ4v) is 17.4. The molecule has 4 aliphatic rings. The fraction of sp³-hybridized carbons (Fsp3) is 0.435. The van der Waals surface area contributed by atoms with Gasteiger partial charge in [-0.1, -0.05) is 12.1 Å². The summed E-state index contributed by atoms with van der Waals surface area (Å²) < 4.78 is 199. The Morgan fingerprint density at radius 2 is 0.728 bits per heavy atom. The number of nitrogens with zero attached hydrogens (tertiary/aromatic N) is 1. The Kier molecular flexibility index (Phi) is 27.9. The molecule has 3 heterocycles. The van der Waals surface area contributed by atoms with Gasteiger partial charge in [-0.3, -0.25) is 30.0 Å². The molecule has 6 N–H and O–H groups in total. The Balaban J connectivity index is 0.000000196. The van der Waals surface area contributed by atoms with Gasteiger partial charge in [0.25, 0.3) is 17.7 Å². The van der Waals surface area contributed by atoms with Crippen molar-refractivity contribution in [2.24, 2.45) is 0 Å². The summed E-state index contributed by atoms with van der Waals surface area (Å²) in [5.41, 5.74) is 2.98. The second kappa shape index (κ2) is 35.8. The molecule has 10 rings (SSSR count). The smallest absolute Gasteiger partial charge is 0.416 e. The molecule has 3 amide bonds. The van der Waals surface area contributed by atoms with Crippen molar-refractivity contribution in [2.75, 3.05) is 86.3 Å². The first-order valence-corrected chi connectivity index (χ1v) is 37.1. The number of piperidine rings is 1. The normalized spacial score (nSPS) is 16.7. The number of sulfone groups is 3. The number of likely N-dealkylation sites (tertiary alicyclic amines) is 1. The van der Waals surface area contributed by atoms with Gasteiger partial charge in [0.05, 0.1) is 72.6 Å². The van der Waals surface area contributed by atoms with E-state index in [-0.39, 0.29) is 112 Å². The largest absolute Gasteiger partial charge is 0.497 e. The molecule has 25 nitrogen and oxygen atoms in total. The number of ether oxygens (including phenoxy) is 9. The molecular weight excluding hydrogens is 1430 g/mol. The molecule has 6 aromatic rings. The predicted octanol–water partition coefficient (Wildman–Crippen LogP) is 9.58. The zero-order valence-corrected chi connectivity index (χ0v) is 58.3. The molecule has 3 saturated heterocycles. The monoisotopic (exact) mass is 1510 g/mol. The highest BCUT2D eigenvalue weighted by molar-refractivity contribution is 7.94. The van der Waals surface area contributed by atoms with Crippen LogP contribution in [0.2, 0.25) is 0 Å². The summed E-state index contributed by atoms with van der Waals surface area (Å²) in [4.78, 5) is 39.2. The number of hydrogen-bond donors (Lipinski definition) is 6. The summed E-state index contributed by atoms with van der Waals surface area (Å²) in [6.45, 7) is 2.87. The standard InChI is InChI=1S/C25H29F3N2O6S.C22H24F3NO7S.C22H27NO8S/c26-25(27,28)18-2-6-20(7-3-18)35-16-1-17-36-21-8-10-22(11-9-21)37(33,34)24(23(31)29-32)12-14-30(15-13-24)19-4-5-19;23-22(24,25)16-3-1-4-18(15-16)33-12-2-11-32-17-5-7-19(8-6-17)34(29,30)21(20(27)26-28)9-13-31-14-10-21;1-28-18-4-2-5-19(16-18)31-13-3-12-30-17-6-8-20(9-7-17)32(26,27)22(21(24)23-25)10-14-29-15-11-22/h2-3,6-11,19,32H,1,4-5,12-17H2,(H,29,31);1,3-8,15,28H,2,9-14H2,(H,26,27);2,4-9,16,25H,3,10-15H2,1H3,(H,23,24). The van der Waals surface area contributed by atoms with Crippen LogP contribution in [0.1, 0.15) is 81.8 Å². The number of benzene rings is 6. The van der Waals surface area contributed by atoms with Crippen molar-refractivity contribution in [3.05, 3.63) is 157 Å². The lowest BCUT2D eigenvalue weighted by Crippen LogP contribution is -2.58. The predicted molar refractivity (Wildman–Crippen MR) is 356 cm³/mol. The highest BCUT2D eigenvalue weighted by Gasteiger charge is 2.56. The van der Waals surface area contributed by atoms with Gasteiger partial charge in [-0.05, 0) is 179 Å². The highest BCUT2D eigenvalue weighted by atomic mass is 32.2. The number of rotatable bonds is 29. The summed E-state index contributed by atoms with van der Waals surface area (Å²) in [6, 6.07) is 33.9. The van der Waals surface area contributed by atoms with E-state index in [1.165, 1.54) is 95.9 Å². The van der Waals surface area contributed by atoms with Crippen LogP contribution in [0.4, 0.5) is 26.3 Å². The summed E-state index contributed by atoms with van der Waals surface area (Å²) in [7, 11) is -10.7. The van der Waals surface area contributed by atoms with Crippen LogP contribution in [0, 0.1) is 0 Å². The van der Waals surface area contributed by atoms with Crippen molar-refractivity contribution in [1.29, 1.82) is 0 Å². The number of methoxy groups -OCH3 is 1. The van der Waals surface area contributed by atoms with Gasteiger partial charge in [0.2, 0.25) is 0 Å². The van der Waals surface area contributed by atoms with Crippen molar-refractivity contribution < 1.29 is 124 Å². The maximum absolute atomic E-state index is 13.5. The van der Waals surface area contributed by atoms with Gasteiger partial charge in [-0.25, -0.2) is 41.7 Å². The van der Waals surface area contributed by atoms with Crippen LogP contribution in [0.3, 0.4) is 0 Å². The Morgan fingerprint density at radius 3 is 1.05 bits per heavy atom. The maximum atomic E-state index is 13.5. The number of hydroxylamine groups is 3. The second-order valence-electron chi connectivity index (χ2n) is 24.1. The Hall–Kier alpha value is -8.48. The zero-order chi connectivity index (χ0) is 74.5. The third kappa shape index (κ3) is 20.1. The Labute approximate surface area is 591 Å². The average Bonchev–Trinajstić information content (AvgIpc) is 0.808. The van der Waals surface area contributed by atoms with Gasteiger partial charge in [0, 0.05) is 70.9 Å². The van der Waals surface area contributed by atoms with E-state index in [0.29, 0.717) is 86.1 Å². The molecule has 562 valence electrons. The fourth-order valence-electron chi connectivity index (χ4n) is 11.6. The molecule has 3 aliphatic heterocycles.